The molecule has 1 N–H and O–H groups in total. The third-order valence-corrected chi connectivity index (χ3v) is 6.03. The van der Waals surface area contributed by atoms with Gasteiger partial charge in [0.25, 0.3) is 0 Å². The molecule has 3 aromatic rings. The Balaban J connectivity index is 1.41. The zero-order valence-corrected chi connectivity index (χ0v) is 16.8. The van der Waals surface area contributed by atoms with E-state index in [1.807, 2.05) is 53.2 Å². The van der Waals surface area contributed by atoms with E-state index < -0.39 is 0 Å². The van der Waals surface area contributed by atoms with Gasteiger partial charge in [0.05, 0.1) is 18.5 Å². The summed E-state index contributed by atoms with van der Waals surface area (Å²) in [7, 11) is 1.68. The average Bonchev–Trinajstić information content (AvgIpc) is 3.68. The average molecular weight is 387 g/mol. The Morgan fingerprint density at radius 2 is 1.83 bits per heavy atom. The summed E-state index contributed by atoms with van der Waals surface area (Å²) in [5.74, 6) is 2.42. The van der Waals surface area contributed by atoms with Gasteiger partial charge in [-0.05, 0) is 55.9 Å². The molecule has 1 heterocycles. The van der Waals surface area contributed by atoms with E-state index in [1.54, 1.807) is 7.11 Å². The Morgan fingerprint density at radius 3 is 2.55 bits per heavy atom. The Labute approximate surface area is 170 Å². The van der Waals surface area contributed by atoms with E-state index in [2.05, 4.69) is 18.3 Å². The molecule has 148 valence electrons. The zero-order chi connectivity index (χ0) is 20.0. The molecular formula is C24H25N3O2. The number of carbonyl (C=O) groups is 1. The van der Waals surface area contributed by atoms with Crippen LogP contribution in [0.4, 0.5) is 5.82 Å². The highest BCUT2D eigenvalue weighted by Gasteiger charge is 2.45. The van der Waals surface area contributed by atoms with E-state index in [-0.39, 0.29) is 17.7 Å². The molecule has 0 saturated heterocycles. The molecule has 5 heteroatoms. The van der Waals surface area contributed by atoms with Crippen molar-refractivity contribution in [1.82, 2.24) is 9.78 Å². The summed E-state index contributed by atoms with van der Waals surface area (Å²) in [6.45, 7) is 2.07. The third-order valence-electron chi connectivity index (χ3n) is 6.03. The smallest absolute Gasteiger partial charge is 0.229 e. The molecule has 2 aliphatic rings. The van der Waals surface area contributed by atoms with Crippen LogP contribution in [0.25, 0.3) is 5.69 Å². The predicted molar refractivity (Wildman–Crippen MR) is 113 cm³/mol. The first-order chi connectivity index (χ1) is 14.2. The van der Waals surface area contributed by atoms with Gasteiger partial charge in [-0.3, -0.25) is 4.79 Å². The second-order valence-electron chi connectivity index (χ2n) is 8.06. The molecule has 2 unspecified atom stereocenters. The first kappa shape index (κ1) is 18.0. The molecule has 2 fully saturated rings. The molecule has 2 saturated carbocycles. The first-order valence-electron chi connectivity index (χ1n) is 10.3. The fourth-order valence-corrected chi connectivity index (χ4v) is 4.17. The lowest BCUT2D eigenvalue weighted by molar-refractivity contribution is -0.117. The molecule has 2 atom stereocenters. The topological polar surface area (TPSA) is 56.1 Å². The standard InChI is InChI=1S/C24H25N3O2/c1-15-22(16-12-13-16)26-27(17-8-4-3-5-9-17)23(15)25-24(28)20-14-19(20)18-10-6-7-11-21(18)29-2/h3-11,16,19-20H,12-14H2,1-2H3,(H,25,28). The summed E-state index contributed by atoms with van der Waals surface area (Å²) >= 11 is 0. The maximum Gasteiger partial charge on any atom is 0.229 e. The molecule has 2 aliphatic carbocycles. The van der Waals surface area contributed by atoms with Crippen molar-refractivity contribution in [3.05, 3.63) is 71.4 Å². The molecule has 0 spiro atoms. The quantitative estimate of drug-likeness (QED) is 0.660. The normalized spacial score (nSPS) is 20.3. The number of hydrogen-bond donors (Lipinski definition) is 1. The van der Waals surface area contributed by atoms with E-state index in [1.165, 1.54) is 12.8 Å². The number of anilines is 1. The third kappa shape index (κ3) is 3.31. The number of ether oxygens (including phenoxy) is 1. The number of hydrogen-bond acceptors (Lipinski definition) is 3. The molecule has 2 aromatic carbocycles. The lowest BCUT2D eigenvalue weighted by Gasteiger charge is -2.11. The molecule has 5 rings (SSSR count). The highest BCUT2D eigenvalue weighted by molar-refractivity contribution is 5.95. The molecule has 1 aromatic heterocycles. The van der Waals surface area contributed by atoms with Gasteiger partial charge in [-0.2, -0.15) is 5.10 Å². The predicted octanol–water partition coefficient (Wildman–Crippen LogP) is 4.81. The highest BCUT2D eigenvalue weighted by Crippen LogP contribution is 2.51. The van der Waals surface area contributed by atoms with Crippen molar-refractivity contribution >= 4 is 11.7 Å². The Morgan fingerprint density at radius 1 is 1.10 bits per heavy atom. The van der Waals surface area contributed by atoms with Crippen LogP contribution in [0.5, 0.6) is 5.75 Å². The molecule has 29 heavy (non-hydrogen) atoms. The number of aromatic nitrogens is 2. The van der Waals surface area contributed by atoms with Crippen molar-refractivity contribution in [3.8, 4) is 11.4 Å². The number of rotatable bonds is 6. The molecular weight excluding hydrogens is 362 g/mol. The molecule has 0 radical (unpaired) electrons. The number of methoxy groups -OCH3 is 1. The SMILES string of the molecule is COc1ccccc1C1CC1C(=O)Nc1c(C)c(C2CC2)nn1-c1ccccc1. The molecule has 5 nitrogen and oxygen atoms in total. The minimum absolute atomic E-state index is 0.0331. The number of nitrogens with one attached hydrogen (secondary N) is 1. The summed E-state index contributed by atoms with van der Waals surface area (Å²) in [6.07, 6.45) is 3.21. The van der Waals surface area contributed by atoms with Gasteiger partial charge >= 0.3 is 0 Å². The van der Waals surface area contributed by atoms with E-state index in [9.17, 15) is 4.79 Å². The van der Waals surface area contributed by atoms with Gasteiger partial charge in [0, 0.05) is 17.4 Å². The largest absolute Gasteiger partial charge is 0.496 e. The van der Waals surface area contributed by atoms with Crippen molar-refractivity contribution in [2.75, 3.05) is 12.4 Å². The summed E-state index contributed by atoms with van der Waals surface area (Å²) in [6, 6.07) is 18.0. The van der Waals surface area contributed by atoms with Crippen molar-refractivity contribution < 1.29 is 9.53 Å². The fraction of sp³-hybridized carbons (Fsp3) is 0.333. The summed E-state index contributed by atoms with van der Waals surface area (Å²) in [4.78, 5) is 13.1. The van der Waals surface area contributed by atoms with Crippen LogP contribution in [-0.4, -0.2) is 22.8 Å². The minimum atomic E-state index is -0.0331. The highest BCUT2D eigenvalue weighted by atomic mass is 16.5. The Bertz CT molecular complexity index is 1050. The maximum absolute atomic E-state index is 13.1. The molecule has 1 amide bonds. The Hall–Kier alpha value is -3.08. The molecule has 0 bridgehead atoms. The van der Waals surface area contributed by atoms with Gasteiger partial charge in [0.15, 0.2) is 0 Å². The van der Waals surface area contributed by atoms with Crippen LogP contribution < -0.4 is 10.1 Å². The van der Waals surface area contributed by atoms with Gasteiger partial charge in [-0.15, -0.1) is 0 Å². The lowest BCUT2D eigenvalue weighted by Crippen LogP contribution is -2.18. The van der Waals surface area contributed by atoms with E-state index in [0.717, 1.165) is 40.5 Å². The van der Waals surface area contributed by atoms with Crippen LogP contribution in [-0.2, 0) is 4.79 Å². The zero-order valence-electron chi connectivity index (χ0n) is 16.8. The monoisotopic (exact) mass is 387 g/mol. The van der Waals surface area contributed by atoms with E-state index >= 15 is 0 Å². The van der Waals surface area contributed by atoms with E-state index in [0.29, 0.717) is 5.92 Å². The van der Waals surface area contributed by atoms with Crippen LogP contribution in [0, 0.1) is 12.8 Å². The van der Waals surface area contributed by atoms with Gasteiger partial charge in [0.1, 0.15) is 11.6 Å². The second kappa shape index (κ2) is 7.07. The Kier molecular flexibility index (Phi) is 4.38. The fourth-order valence-electron chi connectivity index (χ4n) is 4.17. The first-order valence-corrected chi connectivity index (χ1v) is 10.3. The van der Waals surface area contributed by atoms with Crippen LogP contribution in [0.3, 0.4) is 0 Å². The van der Waals surface area contributed by atoms with Crippen molar-refractivity contribution in [3.63, 3.8) is 0 Å². The van der Waals surface area contributed by atoms with Crippen molar-refractivity contribution in [2.45, 2.75) is 38.0 Å². The van der Waals surface area contributed by atoms with Gasteiger partial charge in [-0.1, -0.05) is 36.4 Å². The number of benzene rings is 2. The van der Waals surface area contributed by atoms with Crippen LogP contribution in [0.1, 0.15) is 47.9 Å². The van der Waals surface area contributed by atoms with Gasteiger partial charge in [0.2, 0.25) is 5.91 Å². The maximum atomic E-state index is 13.1. The van der Waals surface area contributed by atoms with Crippen molar-refractivity contribution in [2.24, 2.45) is 5.92 Å². The summed E-state index contributed by atoms with van der Waals surface area (Å²) in [5, 5.41) is 8.06. The number of amides is 1. The number of para-hydroxylation sites is 2. The van der Waals surface area contributed by atoms with Crippen LogP contribution >= 0.6 is 0 Å². The van der Waals surface area contributed by atoms with Crippen LogP contribution in [0.15, 0.2) is 54.6 Å². The summed E-state index contributed by atoms with van der Waals surface area (Å²) < 4.78 is 7.37. The minimum Gasteiger partial charge on any atom is -0.496 e. The van der Waals surface area contributed by atoms with Crippen LogP contribution in [0.2, 0.25) is 0 Å². The van der Waals surface area contributed by atoms with Gasteiger partial charge < -0.3 is 10.1 Å². The van der Waals surface area contributed by atoms with Gasteiger partial charge in [-0.25, -0.2) is 4.68 Å². The lowest BCUT2D eigenvalue weighted by atomic mass is 10.1. The number of carbonyl (C=O) groups excluding carboxylic acids is 1. The second-order valence-corrected chi connectivity index (χ2v) is 8.06. The molecule has 0 aliphatic heterocycles. The van der Waals surface area contributed by atoms with E-state index in [4.69, 9.17) is 9.84 Å². The van der Waals surface area contributed by atoms with Crippen molar-refractivity contribution in [1.29, 1.82) is 0 Å². The summed E-state index contributed by atoms with van der Waals surface area (Å²) in [5.41, 5.74) is 4.28. The number of nitrogens with zero attached hydrogens (tertiary/aromatic N) is 2.